The van der Waals surface area contributed by atoms with Crippen molar-refractivity contribution in [3.8, 4) is 5.75 Å². The first-order valence-electron chi connectivity index (χ1n) is 4.74. The van der Waals surface area contributed by atoms with Crippen LogP contribution in [-0.2, 0) is 0 Å². The highest BCUT2D eigenvalue weighted by Gasteiger charge is 2.16. The predicted molar refractivity (Wildman–Crippen MR) is 60.4 cm³/mol. The molecule has 1 N–H and O–H groups in total. The third-order valence-corrected chi connectivity index (χ3v) is 2.71. The number of halogens is 1. The average molecular weight is 267 g/mol. The maximum absolute atomic E-state index is 12.8. The van der Waals surface area contributed by atoms with Crippen LogP contribution in [0.2, 0.25) is 0 Å². The minimum absolute atomic E-state index is 0.0323. The second kappa shape index (κ2) is 4.92. The molecule has 1 aromatic carbocycles. The summed E-state index contributed by atoms with van der Waals surface area (Å²) in [6, 6.07) is 6.16. The zero-order chi connectivity index (χ0) is 13.1. The van der Waals surface area contributed by atoms with Crippen LogP contribution >= 0.6 is 11.5 Å². The summed E-state index contributed by atoms with van der Waals surface area (Å²) in [5.41, 5.74) is -0.123. The van der Waals surface area contributed by atoms with E-state index < -0.39 is 17.8 Å². The van der Waals surface area contributed by atoms with E-state index in [0.717, 1.165) is 12.1 Å². The molecule has 1 heterocycles. The van der Waals surface area contributed by atoms with E-state index >= 15 is 0 Å². The molecule has 7 heteroatoms. The number of ether oxygens (including phenoxy) is 1. The van der Waals surface area contributed by atoms with Gasteiger partial charge in [0.15, 0.2) is 5.69 Å². The van der Waals surface area contributed by atoms with Gasteiger partial charge in [0.05, 0.1) is 0 Å². The quantitative estimate of drug-likeness (QED) is 0.681. The van der Waals surface area contributed by atoms with Crippen LogP contribution in [0.25, 0.3) is 0 Å². The van der Waals surface area contributed by atoms with Gasteiger partial charge >= 0.3 is 11.9 Å². The topological polar surface area (TPSA) is 76.5 Å². The number of hydrogen-bond donors (Lipinski definition) is 1. The molecular weight excluding hydrogens is 261 g/mol. The summed E-state index contributed by atoms with van der Waals surface area (Å²) in [5.74, 6) is -2.50. The Bertz CT molecular complexity index is 611. The van der Waals surface area contributed by atoms with Crippen molar-refractivity contribution in [3.05, 3.63) is 46.7 Å². The van der Waals surface area contributed by atoms with Crippen LogP contribution in [0.3, 0.4) is 0 Å². The lowest BCUT2D eigenvalue weighted by atomic mass is 10.3. The summed E-state index contributed by atoms with van der Waals surface area (Å²) in [6.07, 6.45) is 0. The summed E-state index contributed by atoms with van der Waals surface area (Å²) in [5, 5.41) is 8.67. The van der Waals surface area contributed by atoms with Crippen molar-refractivity contribution in [1.82, 2.24) is 4.37 Å². The molecule has 0 aliphatic carbocycles. The van der Waals surface area contributed by atoms with Crippen molar-refractivity contribution in [3.63, 3.8) is 0 Å². The number of carbonyl (C=O) groups is 2. The normalized spacial score (nSPS) is 10.1. The third-order valence-electron chi connectivity index (χ3n) is 1.94. The molecule has 0 bridgehead atoms. The molecule has 0 unspecified atom stereocenters. The van der Waals surface area contributed by atoms with Crippen molar-refractivity contribution in [1.29, 1.82) is 0 Å². The van der Waals surface area contributed by atoms with E-state index in [9.17, 15) is 14.0 Å². The lowest BCUT2D eigenvalue weighted by Gasteiger charge is -2.01. The number of aromatic carboxylic acids is 1. The minimum Gasteiger partial charge on any atom is -0.477 e. The summed E-state index contributed by atoms with van der Waals surface area (Å²) in [7, 11) is 0. The number of rotatable bonds is 3. The number of nitrogens with zero attached hydrogens (tertiary/aromatic N) is 1. The van der Waals surface area contributed by atoms with Crippen LogP contribution < -0.4 is 4.74 Å². The molecule has 0 saturated heterocycles. The van der Waals surface area contributed by atoms with E-state index in [0.29, 0.717) is 11.5 Å². The number of carboxylic acids is 1. The minimum atomic E-state index is -1.17. The van der Waals surface area contributed by atoms with E-state index in [-0.39, 0.29) is 16.3 Å². The fraction of sp³-hybridized carbons (Fsp3) is 0. The molecule has 0 fully saturated rings. The second-order valence-corrected chi connectivity index (χ2v) is 4.03. The van der Waals surface area contributed by atoms with Gasteiger partial charge in [-0.3, -0.25) is 0 Å². The standard InChI is InChI=1S/C11H6FNO4S/c12-6-2-1-3-7(4-6)17-11(16)8-5-9(10(14)15)18-13-8/h1-5H,(H,14,15). The van der Waals surface area contributed by atoms with Crippen molar-refractivity contribution in [2.24, 2.45) is 0 Å². The first-order valence-corrected chi connectivity index (χ1v) is 5.51. The Morgan fingerprint density at radius 1 is 1.33 bits per heavy atom. The molecule has 18 heavy (non-hydrogen) atoms. The Kier molecular flexibility index (Phi) is 3.33. The van der Waals surface area contributed by atoms with E-state index in [4.69, 9.17) is 9.84 Å². The van der Waals surface area contributed by atoms with Gasteiger partial charge in [0.1, 0.15) is 16.4 Å². The van der Waals surface area contributed by atoms with Crippen molar-refractivity contribution < 1.29 is 23.8 Å². The van der Waals surface area contributed by atoms with Gasteiger partial charge < -0.3 is 9.84 Å². The fourth-order valence-electron chi connectivity index (χ4n) is 1.16. The number of esters is 1. The zero-order valence-electron chi connectivity index (χ0n) is 8.79. The number of benzene rings is 1. The average Bonchev–Trinajstić information content (AvgIpc) is 2.78. The SMILES string of the molecule is O=C(Oc1cccc(F)c1)c1cc(C(=O)O)sn1. The highest BCUT2D eigenvalue weighted by molar-refractivity contribution is 7.08. The van der Waals surface area contributed by atoms with Gasteiger partial charge in [-0.25, -0.2) is 14.0 Å². The summed E-state index contributed by atoms with van der Waals surface area (Å²) in [4.78, 5) is 22.1. The third kappa shape index (κ3) is 2.69. The van der Waals surface area contributed by atoms with Crippen molar-refractivity contribution >= 4 is 23.5 Å². The van der Waals surface area contributed by atoms with Gasteiger partial charge in [0, 0.05) is 6.07 Å². The van der Waals surface area contributed by atoms with E-state index in [2.05, 4.69) is 4.37 Å². The lowest BCUT2D eigenvalue weighted by molar-refractivity contribution is 0.0702. The molecule has 0 spiro atoms. The largest absolute Gasteiger partial charge is 0.477 e. The Labute approximate surface area is 105 Å². The van der Waals surface area contributed by atoms with E-state index in [1.807, 2.05) is 0 Å². The molecule has 2 aromatic rings. The van der Waals surface area contributed by atoms with E-state index in [1.54, 1.807) is 0 Å². The van der Waals surface area contributed by atoms with E-state index in [1.165, 1.54) is 18.2 Å². The maximum atomic E-state index is 12.8. The number of aromatic nitrogens is 1. The Morgan fingerprint density at radius 3 is 2.72 bits per heavy atom. The smallest absolute Gasteiger partial charge is 0.363 e. The molecule has 0 aliphatic heterocycles. The monoisotopic (exact) mass is 267 g/mol. The van der Waals surface area contributed by atoms with Gasteiger partial charge in [0.25, 0.3) is 0 Å². The predicted octanol–water partition coefficient (Wildman–Crippen LogP) is 2.20. The fourth-order valence-corrected chi connectivity index (χ4v) is 1.73. The summed E-state index contributed by atoms with van der Waals surface area (Å²) >= 11 is 0.675. The number of carbonyl (C=O) groups excluding carboxylic acids is 1. The highest BCUT2D eigenvalue weighted by Crippen LogP contribution is 2.16. The lowest BCUT2D eigenvalue weighted by Crippen LogP contribution is -2.08. The molecule has 1 aromatic heterocycles. The number of hydrogen-bond acceptors (Lipinski definition) is 5. The highest BCUT2D eigenvalue weighted by atomic mass is 32.1. The molecule has 0 amide bonds. The molecule has 0 atom stereocenters. The Hall–Kier alpha value is -2.28. The molecule has 5 nitrogen and oxygen atoms in total. The molecule has 92 valence electrons. The molecule has 0 saturated carbocycles. The molecule has 0 radical (unpaired) electrons. The zero-order valence-corrected chi connectivity index (χ0v) is 9.61. The second-order valence-electron chi connectivity index (χ2n) is 3.23. The van der Waals surface area contributed by atoms with Gasteiger partial charge in [-0.1, -0.05) is 6.07 Å². The van der Waals surface area contributed by atoms with Gasteiger partial charge in [0.2, 0.25) is 0 Å². The van der Waals surface area contributed by atoms with Crippen molar-refractivity contribution in [2.45, 2.75) is 0 Å². The van der Waals surface area contributed by atoms with Crippen molar-refractivity contribution in [2.75, 3.05) is 0 Å². The Balaban J connectivity index is 2.14. The first-order chi connectivity index (χ1) is 8.56. The molecular formula is C11H6FNO4S. The summed E-state index contributed by atoms with van der Waals surface area (Å²) in [6.45, 7) is 0. The molecule has 2 rings (SSSR count). The van der Waals surface area contributed by atoms with Crippen LogP contribution in [0.1, 0.15) is 20.2 Å². The van der Waals surface area contributed by atoms with Crippen LogP contribution in [0.5, 0.6) is 5.75 Å². The molecule has 0 aliphatic rings. The Morgan fingerprint density at radius 2 is 2.11 bits per heavy atom. The van der Waals surface area contributed by atoms with Crippen LogP contribution in [0.4, 0.5) is 4.39 Å². The van der Waals surface area contributed by atoms with Crippen LogP contribution in [0.15, 0.2) is 30.3 Å². The van der Waals surface area contributed by atoms with Gasteiger partial charge in [-0.15, -0.1) is 0 Å². The first kappa shape index (κ1) is 12.2. The van der Waals surface area contributed by atoms with Gasteiger partial charge in [-0.2, -0.15) is 4.37 Å². The van der Waals surface area contributed by atoms with Gasteiger partial charge in [-0.05, 0) is 29.7 Å². The van der Waals surface area contributed by atoms with Crippen LogP contribution in [-0.4, -0.2) is 21.4 Å². The number of carboxylic acid groups (broad SMARTS) is 1. The maximum Gasteiger partial charge on any atom is 0.363 e. The van der Waals surface area contributed by atoms with Crippen LogP contribution in [0, 0.1) is 5.82 Å². The summed E-state index contributed by atoms with van der Waals surface area (Å²) < 4.78 is 21.3.